The highest BCUT2D eigenvalue weighted by atomic mass is 79.9. The molecule has 0 saturated carbocycles. The van der Waals surface area contributed by atoms with Crippen molar-refractivity contribution in [3.8, 4) is 0 Å². The average molecular weight is 347 g/mol. The lowest BCUT2D eigenvalue weighted by atomic mass is 10.3. The summed E-state index contributed by atoms with van der Waals surface area (Å²) in [5.41, 5.74) is 1.42. The van der Waals surface area contributed by atoms with Gasteiger partial charge in [-0.05, 0) is 40.9 Å². The van der Waals surface area contributed by atoms with Crippen molar-refractivity contribution in [3.63, 3.8) is 0 Å². The van der Waals surface area contributed by atoms with E-state index in [2.05, 4.69) is 31.2 Å². The summed E-state index contributed by atoms with van der Waals surface area (Å²) in [7, 11) is 0. The van der Waals surface area contributed by atoms with E-state index >= 15 is 0 Å². The summed E-state index contributed by atoms with van der Waals surface area (Å²) in [6.45, 7) is 1.66. The predicted molar refractivity (Wildman–Crippen MR) is 84.6 cm³/mol. The van der Waals surface area contributed by atoms with Crippen LogP contribution in [0.4, 0.5) is 11.6 Å². The summed E-state index contributed by atoms with van der Waals surface area (Å²) in [4.78, 5) is 22.5. The number of likely N-dealkylation sites (tertiary alicyclic amines) is 1. The number of benzene rings is 1. The van der Waals surface area contributed by atoms with E-state index in [0.717, 1.165) is 36.1 Å². The van der Waals surface area contributed by atoms with Gasteiger partial charge >= 0.3 is 0 Å². The van der Waals surface area contributed by atoms with E-state index in [1.165, 1.54) is 0 Å². The molecule has 1 N–H and O–H groups in total. The number of carbonyl (C=O) groups excluding carboxylic acids is 1. The van der Waals surface area contributed by atoms with E-state index in [4.69, 9.17) is 0 Å². The summed E-state index contributed by atoms with van der Waals surface area (Å²) in [6.07, 6.45) is 5.31. The van der Waals surface area contributed by atoms with Gasteiger partial charge in [0.1, 0.15) is 0 Å². The minimum atomic E-state index is 0.0138. The molecule has 1 aromatic carbocycles. The monoisotopic (exact) mass is 346 g/mol. The van der Waals surface area contributed by atoms with Crippen molar-refractivity contribution < 1.29 is 4.79 Å². The number of amides is 1. The van der Waals surface area contributed by atoms with E-state index in [0.29, 0.717) is 11.5 Å². The summed E-state index contributed by atoms with van der Waals surface area (Å²) in [6, 6.07) is 7.73. The van der Waals surface area contributed by atoms with Crippen LogP contribution in [0, 0.1) is 0 Å². The van der Waals surface area contributed by atoms with Crippen LogP contribution in [0.3, 0.4) is 0 Å². The van der Waals surface area contributed by atoms with Gasteiger partial charge in [0.25, 0.3) is 5.91 Å². The topological polar surface area (TPSA) is 58.1 Å². The number of aromatic nitrogens is 2. The van der Waals surface area contributed by atoms with Gasteiger partial charge in [-0.3, -0.25) is 4.79 Å². The average Bonchev–Trinajstić information content (AvgIpc) is 3.04. The van der Waals surface area contributed by atoms with Crippen molar-refractivity contribution in [2.75, 3.05) is 18.4 Å². The van der Waals surface area contributed by atoms with Crippen LogP contribution in [0.15, 0.2) is 41.1 Å². The van der Waals surface area contributed by atoms with Crippen molar-refractivity contribution in [1.29, 1.82) is 0 Å². The Bertz CT molecular complexity index is 638. The van der Waals surface area contributed by atoms with Crippen molar-refractivity contribution in [1.82, 2.24) is 14.9 Å². The zero-order valence-electron chi connectivity index (χ0n) is 11.4. The third-order valence-electron chi connectivity index (χ3n) is 3.41. The highest BCUT2D eigenvalue weighted by molar-refractivity contribution is 9.10. The third-order valence-corrected chi connectivity index (χ3v) is 4.10. The van der Waals surface area contributed by atoms with Crippen LogP contribution in [0.5, 0.6) is 0 Å². The minimum absolute atomic E-state index is 0.0138. The molecule has 1 aliphatic rings. The summed E-state index contributed by atoms with van der Waals surface area (Å²) in [5.74, 6) is 0.486. The fourth-order valence-electron chi connectivity index (χ4n) is 2.29. The fourth-order valence-corrected chi connectivity index (χ4v) is 2.67. The molecule has 0 bridgehead atoms. The fraction of sp³-hybridized carbons (Fsp3) is 0.267. The lowest BCUT2D eigenvalue weighted by molar-refractivity contribution is 0.0792. The highest BCUT2D eigenvalue weighted by Gasteiger charge is 2.19. The summed E-state index contributed by atoms with van der Waals surface area (Å²) < 4.78 is 0.936. The smallest absolute Gasteiger partial charge is 0.256 e. The first-order valence-corrected chi connectivity index (χ1v) is 7.66. The SMILES string of the molecule is O=C(c1cnc(Nc2ccccc2Br)nc1)N1CCCC1. The molecule has 1 aromatic heterocycles. The molecule has 21 heavy (non-hydrogen) atoms. The minimum Gasteiger partial charge on any atom is -0.339 e. The lowest BCUT2D eigenvalue weighted by Crippen LogP contribution is -2.27. The zero-order valence-corrected chi connectivity index (χ0v) is 13.0. The van der Waals surface area contributed by atoms with Crippen LogP contribution in [-0.4, -0.2) is 33.9 Å². The first-order chi connectivity index (χ1) is 10.2. The van der Waals surface area contributed by atoms with E-state index < -0.39 is 0 Å². The van der Waals surface area contributed by atoms with Crippen molar-refractivity contribution >= 4 is 33.5 Å². The molecular formula is C15H15BrN4O. The Balaban J connectivity index is 1.72. The van der Waals surface area contributed by atoms with Gasteiger partial charge in [0.2, 0.25) is 5.95 Å². The van der Waals surface area contributed by atoms with Gasteiger partial charge in [-0.2, -0.15) is 0 Å². The van der Waals surface area contributed by atoms with Crippen LogP contribution in [0.1, 0.15) is 23.2 Å². The van der Waals surface area contributed by atoms with Crippen LogP contribution in [0.25, 0.3) is 0 Å². The molecule has 2 aromatic rings. The number of nitrogens with one attached hydrogen (secondary N) is 1. The molecule has 108 valence electrons. The summed E-state index contributed by atoms with van der Waals surface area (Å²) >= 11 is 3.46. The van der Waals surface area contributed by atoms with Gasteiger partial charge in [0, 0.05) is 30.0 Å². The van der Waals surface area contributed by atoms with Gasteiger partial charge in [0.15, 0.2) is 0 Å². The molecule has 0 aliphatic carbocycles. The van der Waals surface area contributed by atoms with E-state index in [-0.39, 0.29) is 5.91 Å². The maximum absolute atomic E-state index is 12.2. The number of hydrogen-bond donors (Lipinski definition) is 1. The molecular weight excluding hydrogens is 332 g/mol. The number of hydrogen-bond acceptors (Lipinski definition) is 4. The Hall–Kier alpha value is -1.95. The quantitative estimate of drug-likeness (QED) is 0.926. The second kappa shape index (κ2) is 6.22. The molecule has 1 fully saturated rings. The number of rotatable bonds is 3. The molecule has 3 rings (SSSR count). The maximum atomic E-state index is 12.2. The van der Waals surface area contributed by atoms with Crippen LogP contribution in [-0.2, 0) is 0 Å². The third kappa shape index (κ3) is 3.21. The number of halogens is 1. The summed E-state index contributed by atoms with van der Waals surface area (Å²) in [5, 5.41) is 3.11. The first kappa shape index (κ1) is 14.0. The Labute approximate surface area is 131 Å². The molecule has 5 nitrogen and oxygen atoms in total. The molecule has 0 unspecified atom stereocenters. The molecule has 0 radical (unpaired) electrons. The second-order valence-corrected chi connectivity index (χ2v) is 5.75. The van der Waals surface area contributed by atoms with Crippen LogP contribution in [0.2, 0.25) is 0 Å². The highest BCUT2D eigenvalue weighted by Crippen LogP contribution is 2.23. The number of para-hydroxylation sites is 1. The Kier molecular flexibility index (Phi) is 4.15. The van der Waals surface area contributed by atoms with E-state index in [1.807, 2.05) is 29.2 Å². The molecule has 1 saturated heterocycles. The molecule has 2 heterocycles. The molecule has 6 heteroatoms. The number of carbonyl (C=O) groups is 1. The first-order valence-electron chi connectivity index (χ1n) is 6.87. The predicted octanol–water partition coefficient (Wildman–Crippen LogP) is 3.22. The largest absolute Gasteiger partial charge is 0.339 e. The Morgan fingerprint density at radius 1 is 1.14 bits per heavy atom. The maximum Gasteiger partial charge on any atom is 0.256 e. The second-order valence-electron chi connectivity index (χ2n) is 4.90. The van der Waals surface area contributed by atoms with Crippen molar-refractivity contribution in [2.24, 2.45) is 0 Å². The standard InChI is InChI=1S/C15H15BrN4O/c16-12-5-1-2-6-13(12)19-15-17-9-11(10-18-15)14(21)20-7-3-4-8-20/h1-2,5-6,9-10H,3-4,7-8H2,(H,17,18,19). The van der Waals surface area contributed by atoms with Gasteiger partial charge < -0.3 is 10.2 Å². The van der Waals surface area contributed by atoms with Crippen molar-refractivity contribution in [3.05, 3.63) is 46.7 Å². The van der Waals surface area contributed by atoms with Gasteiger partial charge in [-0.25, -0.2) is 9.97 Å². The lowest BCUT2D eigenvalue weighted by Gasteiger charge is -2.14. The normalized spacial score (nSPS) is 14.2. The van der Waals surface area contributed by atoms with Crippen LogP contribution >= 0.6 is 15.9 Å². The van der Waals surface area contributed by atoms with E-state index in [1.54, 1.807) is 12.4 Å². The van der Waals surface area contributed by atoms with Gasteiger partial charge in [0.05, 0.1) is 11.3 Å². The number of nitrogens with zero attached hydrogens (tertiary/aromatic N) is 3. The molecule has 1 amide bonds. The Morgan fingerprint density at radius 3 is 2.48 bits per heavy atom. The molecule has 0 spiro atoms. The van der Waals surface area contributed by atoms with Crippen molar-refractivity contribution in [2.45, 2.75) is 12.8 Å². The zero-order chi connectivity index (χ0) is 14.7. The van der Waals surface area contributed by atoms with Crippen LogP contribution < -0.4 is 5.32 Å². The van der Waals surface area contributed by atoms with Gasteiger partial charge in [-0.15, -0.1) is 0 Å². The van der Waals surface area contributed by atoms with Gasteiger partial charge in [-0.1, -0.05) is 12.1 Å². The Morgan fingerprint density at radius 2 is 1.81 bits per heavy atom. The number of anilines is 2. The molecule has 0 atom stereocenters. The van der Waals surface area contributed by atoms with E-state index in [9.17, 15) is 4.79 Å². The molecule has 1 aliphatic heterocycles.